The summed E-state index contributed by atoms with van der Waals surface area (Å²) in [5.41, 5.74) is 6.39. The second kappa shape index (κ2) is 6.43. The van der Waals surface area contributed by atoms with Crippen molar-refractivity contribution in [3.63, 3.8) is 0 Å². The Labute approximate surface area is 100 Å². The first-order valence-corrected chi connectivity index (χ1v) is 6.24. The molecular formula is C12H17NO2S. The van der Waals surface area contributed by atoms with Crippen molar-refractivity contribution in [1.29, 1.82) is 0 Å². The molecular weight excluding hydrogens is 222 g/mol. The molecule has 0 heterocycles. The molecule has 1 rings (SSSR count). The average molecular weight is 239 g/mol. The summed E-state index contributed by atoms with van der Waals surface area (Å²) in [5, 5.41) is -0.151. The number of nitrogen functional groups attached to an aromatic ring is 1. The first kappa shape index (κ1) is 12.9. The number of esters is 1. The summed E-state index contributed by atoms with van der Waals surface area (Å²) in [6.45, 7) is 4.21. The zero-order valence-corrected chi connectivity index (χ0v) is 10.4. The lowest BCUT2D eigenvalue weighted by Crippen LogP contribution is -2.19. The normalized spacial score (nSPS) is 12.1. The van der Waals surface area contributed by atoms with Crippen LogP contribution in [0.25, 0.3) is 0 Å². The number of anilines is 1. The molecule has 0 radical (unpaired) electrons. The Morgan fingerprint density at radius 1 is 1.50 bits per heavy atom. The third-order valence-corrected chi connectivity index (χ3v) is 3.39. The van der Waals surface area contributed by atoms with Crippen molar-refractivity contribution in [1.82, 2.24) is 0 Å². The zero-order chi connectivity index (χ0) is 12.0. The second-order valence-corrected chi connectivity index (χ2v) is 4.62. The standard InChI is InChI=1S/C12H17NO2S/c1-3-11(12(14)15-4-2)16-10-7-5-6-9(13)8-10/h5-8,11H,3-4,13H2,1-2H3. The zero-order valence-electron chi connectivity index (χ0n) is 9.60. The molecule has 0 bridgehead atoms. The maximum Gasteiger partial charge on any atom is 0.319 e. The Balaban J connectivity index is 2.66. The number of rotatable bonds is 5. The number of benzene rings is 1. The van der Waals surface area contributed by atoms with Crippen molar-refractivity contribution in [3.8, 4) is 0 Å². The summed E-state index contributed by atoms with van der Waals surface area (Å²) >= 11 is 1.50. The van der Waals surface area contributed by atoms with Crippen molar-refractivity contribution in [2.75, 3.05) is 12.3 Å². The van der Waals surface area contributed by atoms with Gasteiger partial charge < -0.3 is 10.5 Å². The van der Waals surface area contributed by atoms with Gasteiger partial charge in [0.1, 0.15) is 5.25 Å². The minimum absolute atomic E-state index is 0.151. The number of thioether (sulfide) groups is 1. The smallest absolute Gasteiger partial charge is 0.319 e. The van der Waals surface area contributed by atoms with Crippen LogP contribution in [0.1, 0.15) is 20.3 Å². The van der Waals surface area contributed by atoms with Crippen LogP contribution in [0, 0.1) is 0 Å². The van der Waals surface area contributed by atoms with Gasteiger partial charge in [0.25, 0.3) is 0 Å². The van der Waals surface area contributed by atoms with Crippen molar-refractivity contribution in [3.05, 3.63) is 24.3 Å². The third kappa shape index (κ3) is 3.77. The van der Waals surface area contributed by atoms with E-state index in [9.17, 15) is 4.79 Å². The first-order chi connectivity index (χ1) is 7.67. The molecule has 0 fully saturated rings. The van der Waals surface area contributed by atoms with Crippen LogP contribution in [0.15, 0.2) is 29.2 Å². The number of ether oxygens (including phenoxy) is 1. The molecule has 1 unspecified atom stereocenters. The highest BCUT2D eigenvalue weighted by Crippen LogP contribution is 2.27. The molecule has 1 aromatic rings. The van der Waals surface area contributed by atoms with E-state index in [-0.39, 0.29) is 11.2 Å². The first-order valence-electron chi connectivity index (χ1n) is 5.36. The summed E-state index contributed by atoms with van der Waals surface area (Å²) in [4.78, 5) is 12.6. The lowest BCUT2D eigenvalue weighted by Gasteiger charge is -2.13. The van der Waals surface area contributed by atoms with Crippen LogP contribution >= 0.6 is 11.8 Å². The van der Waals surface area contributed by atoms with Crippen LogP contribution in [0.2, 0.25) is 0 Å². The fraction of sp³-hybridized carbons (Fsp3) is 0.417. The fourth-order valence-corrected chi connectivity index (χ4v) is 2.31. The molecule has 88 valence electrons. The highest BCUT2D eigenvalue weighted by atomic mass is 32.2. The van der Waals surface area contributed by atoms with Crippen molar-refractivity contribution in [2.45, 2.75) is 30.4 Å². The number of nitrogens with two attached hydrogens (primary N) is 1. The van der Waals surface area contributed by atoms with Gasteiger partial charge in [0, 0.05) is 10.6 Å². The van der Waals surface area contributed by atoms with Gasteiger partial charge in [0.15, 0.2) is 0 Å². The Morgan fingerprint density at radius 2 is 2.25 bits per heavy atom. The van der Waals surface area contributed by atoms with Crippen molar-refractivity contribution < 1.29 is 9.53 Å². The molecule has 0 spiro atoms. The minimum Gasteiger partial charge on any atom is -0.465 e. The molecule has 4 heteroatoms. The highest BCUT2D eigenvalue weighted by molar-refractivity contribution is 8.00. The summed E-state index contributed by atoms with van der Waals surface area (Å²) in [7, 11) is 0. The third-order valence-electron chi connectivity index (χ3n) is 2.06. The monoisotopic (exact) mass is 239 g/mol. The average Bonchev–Trinajstić information content (AvgIpc) is 2.26. The molecule has 0 aromatic heterocycles. The van der Waals surface area contributed by atoms with E-state index >= 15 is 0 Å². The van der Waals surface area contributed by atoms with Crippen molar-refractivity contribution in [2.24, 2.45) is 0 Å². The molecule has 16 heavy (non-hydrogen) atoms. The highest BCUT2D eigenvalue weighted by Gasteiger charge is 2.18. The molecule has 3 nitrogen and oxygen atoms in total. The predicted molar refractivity (Wildman–Crippen MR) is 67.4 cm³/mol. The minimum atomic E-state index is -0.155. The van der Waals surface area contributed by atoms with Crippen LogP contribution in [-0.2, 0) is 9.53 Å². The van der Waals surface area contributed by atoms with Gasteiger partial charge in [-0.1, -0.05) is 13.0 Å². The predicted octanol–water partition coefficient (Wildman–Crippen LogP) is 2.70. The number of hydrogen-bond acceptors (Lipinski definition) is 4. The van der Waals surface area contributed by atoms with Crippen LogP contribution < -0.4 is 5.73 Å². The van der Waals surface area contributed by atoms with E-state index in [1.54, 1.807) is 0 Å². The topological polar surface area (TPSA) is 52.3 Å². The molecule has 0 aliphatic carbocycles. The summed E-state index contributed by atoms with van der Waals surface area (Å²) < 4.78 is 5.01. The SMILES string of the molecule is CCOC(=O)C(CC)Sc1cccc(N)c1. The van der Waals surface area contributed by atoms with Crippen LogP contribution in [-0.4, -0.2) is 17.8 Å². The van der Waals surface area contributed by atoms with E-state index in [0.717, 1.165) is 11.3 Å². The van der Waals surface area contributed by atoms with Gasteiger partial charge in [-0.25, -0.2) is 0 Å². The van der Waals surface area contributed by atoms with E-state index in [1.807, 2.05) is 38.1 Å². The molecule has 1 atom stereocenters. The molecule has 0 saturated heterocycles. The Kier molecular flexibility index (Phi) is 5.19. The van der Waals surface area contributed by atoms with Gasteiger partial charge in [0.2, 0.25) is 0 Å². The Hall–Kier alpha value is -1.16. The van der Waals surface area contributed by atoms with Gasteiger partial charge in [-0.2, -0.15) is 0 Å². The van der Waals surface area contributed by atoms with E-state index in [0.29, 0.717) is 12.3 Å². The number of carbonyl (C=O) groups is 1. The number of carbonyl (C=O) groups excluding carboxylic acids is 1. The van der Waals surface area contributed by atoms with Crippen LogP contribution in [0.4, 0.5) is 5.69 Å². The lowest BCUT2D eigenvalue weighted by atomic mass is 10.3. The van der Waals surface area contributed by atoms with E-state index in [2.05, 4.69) is 0 Å². The molecule has 1 aromatic carbocycles. The lowest BCUT2D eigenvalue weighted by molar-refractivity contribution is -0.142. The van der Waals surface area contributed by atoms with E-state index < -0.39 is 0 Å². The Morgan fingerprint density at radius 3 is 2.81 bits per heavy atom. The van der Waals surface area contributed by atoms with Crippen molar-refractivity contribution >= 4 is 23.4 Å². The molecule has 0 amide bonds. The Bertz CT molecular complexity index is 355. The quantitative estimate of drug-likeness (QED) is 0.487. The van der Waals surface area contributed by atoms with E-state index in [4.69, 9.17) is 10.5 Å². The van der Waals surface area contributed by atoms with Gasteiger partial charge >= 0.3 is 5.97 Å². The molecule has 0 aliphatic heterocycles. The number of hydrogen-bond donors (Lipinski definition) is 1. The summed E-state index contributed by atoms with van der Waals surface area (Å²) in [5.74, 6) is -0.155. The van der Waals surface area contributed by atoms with E-state index in [1.165, 1.54) is 11.8 Å². The maximum atomic E-state index is 11.6. The van der Waals surface area contributed by atoms with Gasteiger partial charge in [-0.15, -0.1) is 11.8 Å². The molecule has 2 N–H and O–H groups in total. The van der Waals surface area contributed by atoms with Crippen LogP contribution in [0.3, 0.4) is 0 Å². The van der Waals surface area contributed by atoms with Gasteiger partial charge in [-0.3, -0.25) is 4.79 Å². The maximum absolute atomic E-state index is 11.6. The largest absolute Gasteiger partial charge is 0.465 e. The van der Waals surface area contributed by atoms with Gasteiger partial charge in [0.05, 0.1) is 6.61 Å². The fourth-order valence-electron chi connectivity index (χ4n) is 1.29. The molecule has 0 saturated carbocycles. The molecule has 0 aliphatic rings. The van der Waals surface area contributed by atoms with Crippen LogP contribution in [0.5, 0.6) is 0 Å². The summed E-state index contributed by atoms with van der Waals surface area (Å²) in [6, 6.07) is 7.53. The summed E-state index contributed by atoms with van der Waals surface area (Å²) in [6.07, 6.45) is 0.748. The second-order valence-electron chi connectivity index (χ2n) is 3.34. The van der Waals surface area contributed by atoms with Gasteiger partial charge in [-0.05, 0) is 31.5 Å².